The van der Waals surface area contributed by atoms with E-state index in [-0.39, 0.29) is 0 Å². The van der Waals surface area contributed by atoms with Crippen LogP contribution in [0.5, 0.6) is 0 Å². The Bertz CT molecular complexity index is 633. The lowest BCUT2D eigenvalue weighted by molar-refractivity contribution is 0.954. The van der Waals surface area contributed by atoms with Gasteiger partial charge in [0, 0.05) is 5.69 Å². The summed E-state index contributed by atoms with van der Waals surface area (Å²) in [5.41, 5.74) is 7.24. The molecule has 0 fully saturated rings. The number of rotatable bonds is 5. The summed E-state index contributed by atoms with van der Waals surface area (Å²) in [6.07, 6.45) is 1.94. The zero-order valence-corrected chi connectivity index (χ0v) is 13.8. The SMILES string of the molecule is CCC/C(=N\NC(=S)Nc1ccc(C)cc1)c1ccccc1. The normalized spacial score (nSPS) is 11.1. The lowest BCUT2D eigenvalue weighted by atomic mass is 10.1. The molecule has 0 spiro atoms. The molecule has 0 aromatic heterocycles. The summed E-state index contributed by atoms with van der Waals surface area (Å²) in [5.74, 6) is 0. The van der Waals surface area contributed by atoms with Gasteiger partial charge >= 0.3 is 0 Å². The highest BCUT2D eigenvalue weighted by Crippen LogP contribution is 2.09. The molecule has 4 heteroatoms. The first kappa shape index (κ1) is 16.2. The minimum Gasteiger partial charge on any atom is -0.331 e. The molecule has 22 heavy (non-hydrogen) atoms. The van der Waals surface area contributed by atoms with Crippen molar-refractivity contribution in [1.82, 2.24) is 5.43 Å². The van der Waals surface area contributed by atoms with Gasteiger partial charge < -0.3 is 5.32 Å². The minimum absolute atomic E-state index is 0.494. The van der Waals surface area contributed by atoms with Crippen LogP contribution in [0.15, 0.2) is 59.7 Å². The molecule has 2 N–H and O–H groups in total. The summed E-state index contributed by atoms with van der Waals surface area (Å²) in [6.45, 7) is 4.20. The van der Waals surface area contributed by atoms with Gasteiger partial charge in [-0.3, -0.25) is 5.43 Å². The highest BCUT2D eigenvalue weighted by Gasteiger charge is 2.03. The van der Waals surface area contributed by atoms with Gasteiger partial charge in [-0.1, -0.05) is 61.4 Å². The first-order chi connectivity index (χ1) is 10.7. The van der Waals surface area contributed by atoms with Gasteiger partial charge in [0.05, 0.1) is 5.71 Å². The smallest absolute Gasteiger partial charge is 0.191 e. The van der Waals surface area contributed by atoms with Crippen LogP contribution in [0.1, 0.15) is 30.9 Å². The maximum absolute atomic E-state index is 5.29. The number of hydrogen-bond acceptors (Lipinski definition) is 2. The predicted molar refractivity (Wildman–Crippen MR) is 98.4 cm³/mol. The summed E-state index contributed by atoms with van der Waals surface area (Å²) in [6, 6.07) is 18.2. The molecule has 0 atom stereocenters. The molecule has 2 aromatic rings. The van der Waals surface area contributed by atoms with Crippen LogP contribution in [0.3, 0.4) is 0 Å². The molecular formula is C18H21N3S. The zero-order chi connectivity index (χ0) is 15.8. The monoisotopic (exact) mass is 311 g/mol. The molecule has 0 saturated heterocycles. The Morgan fingerprint density at radius 1 is 1.05 bits per heavy atom. The van der Waals surface area contributed by atoms with E-state index in [1.807, 2.05) is 42.5 Å². The molecule has 114 valence electrons. The third-order valence-corrected chi connectivity index (χ3v) is 3.39. The second kappa shape index (κ2) is 8.29. The Morgan fingerprint density at radius 3 is 2.36 bits per heavy atom. The summed E-state index contributed by atoms with van der Waals surface area (Å²) >= 11 is 5.29. The Morgan fingerprint density at radius 2 is 1.73 bits per heavy atom. The van der Waals surface area contributed by atoms with Crippen LogP contribution >= 0.6 is 12.2 Å². The van der Waals surface area contributed by atoms with Gasteiger partial charge in [0.1, 0.15) is 0 Å². The number of benzene rings is 2. The molecule has 0 unspecified atom stereocenters. The van der Waals surface area contributed by atoms with Crippen LogP contribution < -0.4 is 10.7 Å². The lowest BCUT2D eigenvalue weighted by Crippen LogP contribution is -2.25. The molecule has 0 aliphatic carbocycles. The number of nitrogens with one attached hydrogen (secondary N) is 2. The van der Waals surface area contributed by atoms with Crippen LogP contribution in [0.25, 0.3) is 0 Å². The van der Waals surface area contributed by atoms with Crippen LogP contribution in [0.4, 0.5) is 5.69 Å². The Kier molecular flexibility index (Phi) is 6.10. The molecule has 0 saturated carbocycles. The van der Waals surface area contributed by atoms with Gasteiger partial charge in [0.2, 0.25) is 0 Å². The highest BCUT2D eigenvalue weighted by atomic mass is 32.1. The van der Waals surface area contributed by atoms with E-state index in [1.54, 1.807) is 0 Å². The Labute approximate surface area is 137 Å². The molecule has 0 heterocycles. The number of anilines is 1. The molecule has 0 aliphatic rings. The Hall–Kier alpha value is -2.20. The van der Waals surface area contributed by atoms with Gasteiger partial charge in [-0.2, -0.15) is 5.10 Å². The number of thiocarbonyl (C=S) groups is 1. The van der Waals surface area contributed by atoms with Crippen molar-refractivity contribution in [3.63, 3.8) is 0 Å². The van der Waals surface area contributed by atoms with Crippen LogP contribution in [-0.4, -0.2) is 10.8 Å². The second-order valence-corrected chi connectivity index (χ2v) is 5.51. The zero-order valence-electron chi connectivity index (χ0n) is 13.0. The van der Waals surface area contributed by atoms with Crippen molar-refractivity contribution >= 4 is 28.7 Å². The Balaban J connectivity index is 2.01. The van der Waals surface area contributed by atoms with E-state index in [0.717, 1.165) is 29.8 Å². The first-order valence-corrected chi connectivity index (χ1v) is 7.85. The van der Waals surface area contributed by atoms with E-state index < -0.39 is 0 Å². The fourth-order valence-electron chi connectivity index (χ4n) is 2.05. The van der Waals surface area contributed by atoms with E-state index in [4.69, 9.17) is 12.2 Å². The average molecular weight is 311 g/mol. The molecule has 2 rings (SSSR count). The van der Waals surface area contributed by atoms with Crippen molar-refractivity contribution in [2.75, 3.05) is 5.32 Å². The molecule has 3 nitrogen and oxygen atoms in total. The van der Waals surface area contributed by atoms with Crippen molar-refractivity contribution in [3.05, 3.63) is 65.7 Å². The fourth-order valence-corrected chi connectivity index (χ4v) is 2.21. The van der Waals surface area contributed by atoms with Crippen LogP contribution in [-0.2, 0) is 0 Å². The third-order valence-electron chi connectivity index (χ3n) is 3.20. The highest BCUT2D eigenvalue weighted by molar-refractivity contribution is 7.80. The second-order valence-electron chi connectivity index (χ2n) is 5.11. The summed E-state index contributed by atoms with van der Waals surface area (Å²) in [4.78, 5) is 0. The topological polar surface area (TPSA) is 36.4 Å². The maximum Gasteiger partial charge on any atom is 0.191 e. The molecule has 0 bridgehead atoms. The van der Waals surface area contributed by atoms with Gasteiger partial charge in [-0.25, -0.2) is 0 Å². The number of hydrazone groups is 1. The fraction of sp³-hybridized carbons (Fsp3) is 0.222. The van der Waals surface area contributed by atoms with Crippen LogP contribution in [0, 0.1) is 6.92 Å². The molecule has 0 radical (unpaired) electrons. The predicted octanol–water partition coefficient (Wildman–Crippen LogP) is 4.49. The van der Waals surface area contributed by atoms with Gasteiger partial charge in [-0.05, 0) is 43.3 Å². The van der Waals surface area contributed by atoms with E-state index in [1.165, 1.54) is 5.56 Å². The van der Waals surface area contributed by atoms with E-state index in [0.29, 0.717) is 5.11 Å². The van der Waals surface area contributed by atoms with Crippen molar-refractivity contribution in [3.8, 4) is 0 Å². The van der Waals surface area contributed by atoms with Gasteiger partial charge in [0.15, 0.2) is 5.11 Å². The summed E-state index contributed by atoms with van der Waals surface area (Å²) < 4.78 is 0. The molecule has 0 amide bonds. The number of nitrogens with zero attached hydrogens (tertiary/aromatic N) is 1. The standard InChI is InChI=1S/C18H21N3S/c1-3-7-17(15-8-5-4-6-9-15)20-21-18(22)19-16-12-10-14(2)11-13-16/h4-6,8-13H,3,7H2,1-2H3,(H2,19,21,22)/b20-17+. The molecule has 2 aromatic carbocycles. The minimum atomic E-state index is 0.494. The van der Waals surface area contributed by atoms with Crippen molar-refractivity contribution in [2.24, 2.45) is 5.10 Å². The van der Waals surface area contributed by atoms with Crippen molar-refractivity contribution in [1.29, 1.82) is 0 Å². The van der Waals surface area contributed by atoms with Gasteiger partial charge in [-0.15, -0.1) is 0 Å². The molecule has 0 aliphatic heterocycles. The van der Waals surface area contributed by atoms with E-state index >= 15 is 0 Å². The summed E-state index contributed by atoms with van der Waals surface area (Å²) in [7, 11) is 0. The van der Waals surface area contributed by atoms with Crippen molar-refractivity contribution in [2.45, 2.75) is 26.7 Å². The van der Waals surface area contributed by atoms with E-state index in [2.05, 4.69) is 41.8 Å². The number of aryl methyl sites for hydroxylation is 1. The quantitative estimate of drug-likeness (QED) is 0.485. The first-order valence-electron chi connectivity index (χ1n) is 7.44. The summed E-state index contributed by atoms with van der Waals surface area (Å²) in [5, 5.41) is 8.09. The van der Waals surface area contributed by atoms with Crippen molar-refractivity contribution < 1.29 is 0 Å². The third kappa shape index (κ3) is 4.97. The van der Waals surface area contributed by atoms with Crippen LogP contribution in [0.2, 0.25) is 0 Å². The average Bonchev–Trinajstić information content (AvgIpc) is 2.54. The maximum atomic E-state index is 5.29. The van der Waals surface area contributed by atoms with Gasteiger partial charge in [0.25, 0.3) is 0 Å². The largest absolute Gasteiger partial charge is 0.331 e. The lowest BCUT2D eigenvalue weighted by Gasteiger charge is -2.10. The number of hydrogen-bond donors (Lipinski definition) is 2. The molecular weight excluding hydrogens is 290 g/mol. The van der Waals surface area contributed by atoms with E-state index in [9.17, 15) is 0 Å².